The summed E-state index contributed by atoms with van der Waals surface area (Å²) in [6, 6.07) is 13.8. The maximum atomic E-state index is 12.1. The van der Waals surface area contributed by atoms with E-state index in [0.29, 0.717) is 12.3 Å². The van der Waals surface area contributed by atoms with E-state index >= 15 is 0 Å². The molecular formula is C17H15BrN2O2. The van der Waals surface area contributed by atoms with Gasteiger partial charge in [0.2, 0.25) is 0 Å². The van der Waals surface area contributed by atoms with Gasteiger partial charge in [0.25, 0.3) is 0 Å². The summed E-state index contributed by atoms with van der Waals surface area (Å²) in [5.41, 5.74) is 3.62. The van der Waals surface area contributed by atoms with Gasteiger partial charge in [0.1, 0.15) is 0 Å². The Morgan fingerprint density at radius 1 is 1.27 bits per heavy atom. The molecule has 0 bridgehead atoms. The summed E-state index contributed by atoms with van der Waals surface area (Å²) in [5.74, 6) is -0.349. The van der Waals surface area contributed by atoms with E-state index in [-0.39, 0.29) is 5.97 Å². The van der Waals surface area contributed by atoms with Crippen molar-refractivity contribution in [1.82, 2.24) is 9.61 Å². The zero-order valence-corrected chi connectivity index (χ0v) is 13.7. The Bertz CT molecular complexity index is 809. The van der Waals surface area contributed by atoms with Gasteiger partial charge in [-0.15, -0.1) is 0 Å². The van der Waals surface area contributed by atoms with Crippen molar-refractivity contribution in [2.24, 2.45) is 0 Å². The first-order chi connectivity index (χ1) is 10.7. The SMILES string of the molecule is CCOC(=O)c1cc(Cc2ccc(Br)cc2)c2cccnn12. The van der Waals surface area contributed by atoms with Crippen LogP contribution in [0.4, 0.5) is 0 Å². The van der Waals surface area contributed by atoms with Crippen molar-refractivity contribution in [3.8, 4) is 0 Å². The zero-order valence-electron chi connectivity index (χ0n) is 12.1. The molecule has 5 heteroatoms. The minimum Gasteiger partial charge on any atom is -0.461 e. The molecule has 0 aliphatic heterocycles. The van der Waals surface area contributed by atoms with Crippen molar-refractivity contribution < 1.29 is 9.53 Å². The topological polar surface area (TPSA) is 43.6 Å². The molecule has 0 saturated carbocycles. The van der Waals surface area contributed by atoms with Gasteiger partial charge >= 0.3 is 5.97 Å². The van der Waals surface area contributed by atoms with Crippen LogP contribution in [-0.4, -0.2) is 22.2 Å². The molecule has 0 aliphatic carbocycles. The molecule has 0 aliphatic rings. The van der Waals surface area contributed by atoms with Crippen LogP contribution < -0.4 is 0 Å². The fourth-order valence-electron chi connectivity index (χ4n) is 2.42. The zero-order chi connectivity index (χ0) is 15.5. The minimum absolute atomic E-state index is 0.348. The molecule has 0 amide bonds. The number of hydrogen-bond donors (Lipinski definition) is 0. The number of carbonyl (C=O) groups excluding carboxylic acids is 1. The van der Waals surface area contributed by atoms with E-state index in [9.17, 15) is 4.79 Å². The Morgan fingerprint density at radius 2 is 2.05 bits per heavy atom. The number of halogens is 1. The predicted molar refractivity (Wildman–Crippen MR) is 88.1 cm³/mol. The van der Waals surface area contributed by atoms with Gasteiger partial charge in [-0.1, -0.05) is 28.1 Å². The Labute approximate surface area is 136 Å². The number of fused-ring (bicyclic) bond motifs is 1. The largest absolute Gasteiger partial charge is 0.461 e. The Kier molecular flexibility index (Phi) is 4.24. The molecule has 2 aromatic heterocycles. The van der Waals surface area contributed by atoms with E-state index < -0.39 is 0 Å². The minimum atomic E-state index is -0.349. The highest BCUT2D eigenvalue weighted by Gasteiger charge is 2.17. The van der Waals surface area contributed by atoms with Crippen LogP contribution in [0.1, 0.15) is 28.5 Å². The maximum Gasteiger partial charge on any atom is 0.357 e. The number of carbonyl (C=O) groups is 1. The number of hydrogen-bond acceptors (Lipinski definition) is 3. The molecule has 22 heavy (non-hydrogen) atoms. The Hall–Kier alpha value is -2.14. The van der Waals surface area contributed by atoms with Crippen LogP contribution >= 0.6 is 15.9 Å². The maximum absolute atomic E-state index is 12.1. The second-order valence-electron chi connectivity index (χ2n) is 4.90. The summed E-state index contributed by atoms with van der Waals surface area (Å²) in [6.07, 6.45) is 2.40. The summed E-state index contributed by atoms with van der Waals surface area (Å²) in [6.45, 7) is 2.14. The first-order valence-electron chi connectivity index (χ1n) is 7.06. The molecule has 112 valence electrons. The van der Waals surface area contributed by atoms with Gasteiger partial charge in [-0.05, 0) is 54.8 Å². The van der Waals surface area contributed by atoms with E-state index in [0.717, 1.165) is 22.0 Å². The van der Waals surface area contributed by atoms with Gasteiger partial charge in [-0.3, -0.25) is 0 Å². The van der Waals surface area contributed by atoms with Crippen molar-refractivity contribution in [3.63, 3.8) is 0 Å². The van der Waals surface area contributed by atoms with Crippen LogP contribution in [0.5, 0.6) is 0 Å². The van der Waals surface area contributed by atoms with Crippen molar-refractivity contribution in [1.29, 1.82) is 0 Å². The second kappa shape index (κ2) is 6.32. The van der Waals surface area contributed by atoms with Crippen molar-refractivity contribution in [3.05, 3.63) is 70.0 Å². The van der Waals surface area contributed by atoms with Crippen molar-refractivity contribution in [2.75, 3.05) is 6.61 Å². The van der Waals surface area contributed by atoms with E-state index in [1.54, 1.807) is 17.6 Å². The molecule has 4 nitrogen and oxygen atoms in total. The average molecular weight is 359 g/mol. The number of benzene rings is 1. The highest BCUT2D eigenvalue weighted by atomic mass is 79.9. The standard InChI is InChI=1S/C17H15BrN2O2/c1-2-22-17(21)16-11-13(15-4-3-9-19-20(15)16)10-12-5-7-14(18)8-6-12/h3-9,11H,2,10H2,1H3. The average Bonchev–Trinajstić information content (AvgIpc) is 2.89. The highest BCUT2D eigenvalue weighted by molar-refractivity contribution is 9.10. The van der Waals surface area contributed by atoms with Crippen LogP contribution in [0, 0.1) is 0 Å². The van der Waals surface area contributed by atoms with Crippen LogP contribution in [-0.2, 0) is 11.2 Å². The monoisotopic (exact) mass is 358 g/mol. The van der Waals surface area contributed by atoms with Gasteiger partial charge < -0.3 is 4.74 Å². The molecule has 0 N–H and O–H groups in total. The molecule has 1 aromatic carbocycles. The van der Waals surface area contributed by atoms with E-state index in [4.69, 9.17) is 4.74 Å². The summed E-state index contributed by atoms with van der Waals surface area (Å²) >= 11 is 3.44. The van der Waals surface area contributed by atoms with Crippen LogP contribution in [0.15, 0.2) is 53.1 Å². The Balaban J connectivity index is 2.02. The first-order valence-corrected chi connectivity index (χ1v) is 7.85. The van der Waals surface area contributed by atoms with Crippen molar-refractivity contribution in [2.45, 2.75) is 13.3 Å². The fraction of sp³-hybridized carbons (Fsp3) is 0.176. The second-order valence-corrected chi connectivity index (χ2v) is 5.81. The smallest absolute Gasteiger partial charge is 0.357 e. The third-order valence-electron chi connectivity index (χ3n) is 3.41. The molecular weight excluding hydrogens is 344 g/mol. The van der Waals surface area contributed by atoms with E-state index in [2.05, 4.69) is 33.2 Å². The number of aromatic nitrogens is 2. The molecule has 0 fully saturated rings. The first kappa shape index (κ1) is 14.8. The van der Waals surface area contributed by atoms with Crippen LogP contribution in [0.2, 0.25) is 0 Å². The summed E-state index contributed by atoms with van der Waals surface area (Å²) in [5, 5.41) is 4.27. The Morgan fingerprint density at radius 3 is 2.77 bits per heavy atom. The lowest BCUT2D eigenvalue weighted by Crippen LogP contribution is -2.09. The highest BCUT2D eigenvalue weighted by Crippen LogP contribution is 2.21. The number of rotatable bonds is 4. The lowest BCUT2D eigenvalue weighted by molar-refractivity contribution is 0.0517. The van der Waals surface area contributed by atoms with Crippen LogP contribution in [0.3, 0.4) is 0 Å². The summed E-state index contributed by atoms with van der Waals surface area (Å²) < 4.78 is 7.80. The molecule has 0 radical (unpaired) electrons. The fourth-order valence-corrected chi connectivity index (χ4v) is 2.69. The molecule has 0 saturated heterocycles. The van der Waals surface area contributed by atoms with E-state index in [1.807, 2.05) is 30.3 Å². The summed E-state index contributed by atoms with van der Waals surface area (Å²) in [7, 11) is 0. The lowest BCUT2D eigenvalue weighted by atomic mass is 10.1. The van der Waals surface area contributed by atoms with E-state index in [1.165, 1.54) is 5.56 Å². The molecule has 3 aromatic rings. The normalized spacial score (nSPS) is 10.8. The lowest BCUT2D eigenvalue weighted by Gasteiger charge is -2.01. The van der Waals surface area contributed by atoms with Gasteiger partial charge in [-0.2, -0.15) is 5.10 Å². The van der Waals surface area contributed by atoms with Gasteiger partial charge in [-0.25, -0.2) is 9.31 Å². The number of esters is 1. The molecule has 3 rings (SSSR count). The summed E-state index contributed by atoms with van der Waals surface area (Å²) in [4.78, 5) is 12.1. The van der Waals surface area contributed by atoms with Crippen LogP contribution in [0.25, 0.3) is 5.52 Å². The molecule has 0 unspecified atom stereocenters. The third-order valence-corrected chi connectivity index (χ3v) is 3.94. The predicted octanol–water partition coefficient (Wildman–Crippen LogP) is 3.86. The molecule has 0 atom stereocenters. The van der Waals surface area contributed by atoms with Gasteiger partial charge in [0.15, 0.2) is 5.69 Å². The molecule has 0 spiro atoms. The number of ether oxygens (including phenoxy) is 1. The van der Waals surface area contributed by atoms with Gasteiger partial charge in [0, 0.05) is 10.7 Å². The quantitative estimate of drug-likeness (QED) is 0.665. The van der Waals surface area contributed by atoms with Gasteiger partial charge in [0.05, 0.1) is 12.1 Å². The molecule has 2 heterocycles. The third kappa shape index (κ3) is 2.90. The number of nitrogens with zero attached hydrogens (tertiary/aromatic N) is 2. The van der Waals surface area contributed by atoms with Crippen molar-refractivity contribution >= 4 is 27.4 Å².